The van der Waals surface area contributed by atoms with Gasteiger partial charge in [0.05, 0.1) is 6.42 Å². The van der Waals surface area contributed by atoms with Crippen molar-refractivity contribution in [3.8, 4) is 0 Å². The SMILES string of the molecule is NC(=S)c1ccc(CC(=O)NCc2ccccc2Br)cc1. The third kappa shape index (κ3) is 4.65. The molecule has 0 spiro atoms. The van der Waals surface area contributed by atoms with Gasteiger partial charge >= 0.3 is 0 Å². The van der Waals surface area contributed by atoms with Gasteiger partial charge in [-0.1, -0.05) is 70.6 Å². The lowest BCUT2D eigenvalue weighted by atomic mass is 10.1. The first-order chi connectivity index (χ1) is 10.1. The lowest BCUT2D eigenvalue weighted by Gasteiger charge is -2.07. The highest BCUT2D eigenvalue weighted by Gasteiger charge is 2.05. The monoisotopic (exact) mass is 362 g/mol. The van der Waals surface area contributed by atoms with E-state index in [1.807, 2.05) is 48.5 Å². The Labute approximate surface area is 137 Å². The molecule has 0 heterocycles. The molecule has 0 bridgehead atoms. The molecule has 0 aliphatic rings. The number of carbonyl (C=O) groups excluding carboxylic acids is 1. The summed E-state index contributed by atoms with van der Waals surface area (Å²) >= 11 is 8.35. The van der Waals surface area contributed by atoms with Crippen molar-refractivity contribution in [2.45, 2.75) is 13.0 Å². The highest BCUT2D eigenvalue weighted by molar-refractivity contribution is 9.10. The Morgan fingerprint density at radius 2 is 1.81 bits per heavy atom. The predicted molar refractivity (Wildman–Crippen MR) is 92.0 cm³/mol. The van der Waals surface area contributed by atoms with Crippen LogP contribution in [0.2, 0.25) is 0 Å². The molecule has 0 radical (unpaired) electrons. The molecule has 3 nitrogen and oxygen atoms in total. The first kappa shape index (κ1) is 15.7. The molecule has 0 unspecified atom stereocenters. The summed E-state index contributed by atoms with van der Waals surface area (Å²) in [5.41, 5.74) is 8.33. The van der Waals surface area contributed by atoms with Gasteiger partial charge < -0.3 is 11.1 Å². The first-order valence-electron chi connectivity index (χ1n) is 6.45. The Kier molecular flexibility index (Phi) is 5.47. The van der Waals surface area contributed by atoms with E-state index in [9.17, 15) is 4.79 Å². The highest BCUT2D eigenvalue weighted by atomic mass is 79.9. The van der Waals surface area contributed by atoms with Crippen LogP contribution in [0.5, 0.6) is 0 Å². The van der Waals surface area contributed by atoms with Crippen LogP contribution in [-0.4, -0.2) is 10.9 Å². The quantitative estimate of drug-likeness (QED) is 0.804. The number of benzene rings is 2. The van der Waals surface area contributed by atoms with E-state index in [0.717, 1.165) is 21.2 Å². The van der Waals surface area contributed by atoms with Crippen molar-refractivity contribution in [1.29, 1.82) is 0 Å². The molecule has 108 valence electrons. The molecule has 0 saturated heterocycles. The average Bonchev–Trinajstić information content (AvgIpc) is 2.47. The van der Waals surface area contributed by atoms with Crippen molar-refractivity contribution in [3.05, 3.63) is 69.7 Å². The van der Waals surface area contributed by atoms with Crippen LogP contribution in [-0.2, 0) is 17.8 Å². The fraction of sp³-hybridized carbons (Fsp3) is 0.125. The molecule has 2 rings (SSSR count). The second kappa shape index (κ2) is 7.33. The minimum absolute atomic E-state index is 0.0196. The lowest BCUT2D eigenvalue weighted by Crippen LogP contribution is -2.24. The number of carbonyl (C=O) groups is 1. The van der Waals surface area contributed by atoms with Gasteiger partial charge in [0.2, 0.25) is 5.91 Å². The standard InChI is InChI=1S/C16H15BrN2OS/c17-14-4-2-1-3-13(14)10-19-15(20)9-11-5-7-12(8-6-11)16(18)21/h1-8H,9-10H2,(H2,18,21)(H,19,20). The number of nitrogens with one attached hydrogen (secondary N) is 1. The van der Waals surface area contributed by atoms with Gasteiger partial charge in [0.15, 0.2) is 0 Å². The number of nitrogens with two attached hydrogens (primary N) is 1. The Morgan fingerprint density at radius 1 is 1.14 bits per heavy atom. The molecule has 0 atom stereocenters. The van der Waals surface area contributed by atoms with Gasteiger partial charge in [0.25, 0.3) is 0 Å². The van der Waals surface area contributed by atoms with E-state index >= 15 is 0 Å². The van der Waals surface area contributed by atoms with E-state index in [4.69, 9.17) is 18.0 Å². The van der Waals surface area contributed by atoms with Crippen molar-refractivity contribution >= 4 is 39.0 Å². The summed E-state index contributed by atoms with van der Waals surface area (Å²) in [5.74, 6) is -0.0196. The fourth-order valence-electron chi connectivity index (χ4n) is 1.87. The molecule has 0 aliphatic heterocycles. The molecule has 0 aromatic heterocycles. The van der Waals surface area contributed by atoms with Crippen molar-refractivity contribution in [2.24, 2.45) is 5.73 Å². The van der Waals surface area contributed by atoms with Gasteiger partial charge in [0.1, 0.15) is 4.99 Å². The highest BCUT2D eigenvalue weighted by Crippen LogP contribution is 2.15. The number of hydrogen-bond donors (Lipinski definition) is 2. The summed E-state index contributed by atoms with van der Waals surface area (Å²) in [5, 5.41) is 2.91. The minimum atomic E-state index is -0.0196. The molecular formula is C16H15BrN2OS. The van der Waals surface area contributed by atoms with Crippen molar-refractivity contribution in [3.63, 3.8) is 0 Å². The fourth-order valence-corrected chi connectivity index (χ4v) is 2.43. The second-order valence-electron chi connectivity index (χ2n) is 4.61. The van der Waals surface area contributed by atoms with Gasteiger partial charge in [-0.15, -0.1) is 0 Å². The van der Waals surface area contributed by atoms with E-state index in [2.05, 4.69) is 21.2 Å². The van der Waals surface area contributed by atoms with Gasteiger partial charge in [0, 0.05) is 16.6 Å². The normalized spacial score (nSPS) is 10.1. The van der Waals surface area contributed by atoms with Crippen molar-refractivity contribution in [1.82, 2.24) is 5.32 Å². The molecule has 5 heteroatoms. The molecular weight excluding hydrogens is 348 g/mol. The molecule has 1 amide bonds. The predicted octanol–water partition coefficient (Wildman–Crippen LogP) is 2.94. The maximum Gasteiger partial charge on any atom is 0.224 e. The number of thiocarbonyl (C=S) groups is 1. The number of hydrogen-bond acceptors (Lipinski definition) is 2. The average molecular weight is 363 g/mol. The van der Waals surface area contributed by atoms with Crippen LogP contribution < -0.4 is 11.1 Å². The van der Waals surface area contributed by atoms with Crippen LogP contribution in [0.15, 0.2) is 53.0 Å². The van der Waals surface area contributed by atoms with E-state index < -0.39 is 0 Å². The van der Waals surface area contributed by atoms with Gasteiger partial charge in [-0.05, 0) is 17.2 Å². The zero-order valence-electron chi connectivity index (χ0n) is 11.3. The molecule has 2 aromatic rings. The largest absolute Gasteiger partial charge is 0.389 e. The third-order valence-corrected chi connectivity index (χ3v) is 4.05. The molecule has 2 aromatic carbocycles. The van der Waals surface area contributed by atoms with E-state index in [1.165, 1.54) is 0 Å². The zero-order chi connectivity index (χ0) is 15.2. The topological polar surface area (TPSA) is 55.1 Å². The number of halogens is 1. The summed E-state index contributed by atoms with van der Waals surface area (Å²) < 4.78 is 0.992. The summed E-state index contributed by atoms with van der Waals surface area (Å²) in [7, 11) is 0. The smallest absolute Gasteiger partial charge is 0.224 e. The van der Waals surface area contributed by atoms with Crippen molar-refractivity contribution in [2.75, 3.05) is 0 Å². The molecule has 0 saturated carbocycles. The lowest BCUT2D eigenvalue weighted by molar-refractivity contribution is -0.120. The third-order valence-electron chi connectivity index (χ3n) is 3.04. The second-order valence-corrected chi connectivity index (χ2v) is 5.90. The van der Waals surface area contributed by atoms with E-state index in [1.54, 1.807) is 0 Å². The van der Waals surface area contributed by atoms with Crippen molar-refractivity contribution < 1.29 is 4.79 Å². The maximum absolute atomic E-state index is 11.9. The van der Waals surface area contributed by atoms with Gasteiger partial charge in [-0.25, -0.2) is 0 Å². The molecule has 3 N–H and O–H groups in total. The summed E-state index contributed by atoms with van der Waals surface area (Å²) in [6.45, 7) is 0.505. The van der Waals surface area contributed by atoms with Crippen LogP contribution in [0.1, 0.15) is 16.7 Å². The summed E-state index contributed by atoms with van der Waals surface area (Å²) in [6.07, 6.45) is 0.335. The Hall–Kier alpha value is -1.72. The van der Waals surface area contributed by atoms with Crippen LogP contribution in [0.4, 0.5) is 0 Å². The van der Waals surface area contributed by atoms with Gasteiger partial charge in [-0.2, -0.15) is 0 Å². The van der Waals surface area contributed by atoms with E-state index in [0.29, 0.717) is 18.0 Å². The van der Waals surface area contributed by atoms with Gasteiger partial charge in [-0.3, -0.25) is 4.79 Å². The van der Waals surface area contributed by atoms with Crippen LogP contribution in [0.3, 0.4) is 0 Å². The Morgan fingerprint density at radius 3 is 2.43 bits per heavy atom. The minimum Gasteiger partial charge on any atom is -0.389 e. The molecule has 21 heavy (non-hydrogen) atoms. The maximum atomic E-state index is 11.9. The molecule has 0 aliphatic carbocycles. The Balaban J connectivity index is 1.90. The number of rotatable bonds is 5. The first-order valence-corrected chi connectivity index (χ1v) is 7.65. The van der Waals surface area contributed by atoms with E-state index in [-0.39, 0.29) is 5.91 Å². The van der Waals surface area contributed by atoms with Crippen LogP contribution >= 0.6 is 28.1 Å². The summed E-state index contributed by atoms with van der Waals surface area (Å²) in [6, 6.07) is 15.2. The Bertz CT molecular complexity index is 656. The summed E-state index contributed by atoms with van der Waals surface area (Å²) in [4.78, 5) is 12.3. The number of amides is 1. The van der Waals surface area contributed by atoms with Crippen LogP contribution in [0, 0.1) is 0 Å². The zero-order valence-corrected chi connectivity index (χ0v) is 13.7. The molecule has 0 fully saturated rings. The van der Waals surface area contributed by atoms with Crippen LogP contribution in [0.25, 0.3) is 0 Å².